The van der Waals surface area contributed by atoms with Crippen LogP contribution in [0.15, 0.2) is 105 Å². The molecule has 2 heterocycles. The zero-order valence-corrected chi connectivity index (χ0v) is 23.5. The second-order valence-corrected chi connectivity index (χ2v) is 10.5. The van der Waals surface area contributed by atoms with Gasteiger partial charge in [-0.25, -0.2) is 4.79 Å². The van der Waals surface area contributed by atoms with Gasteiger partial charge in [-0.15, -0.1) is 0 Å². The minimum atomic E-state index is -0.515. The van der Waals surface area contributed by atoms with E-state index in [1.54, 1.807) is 36.4 Å². The fraction of sp³-hybridized carbons (Fsp3) is 0.147. The molecule has 0 bridgehead atoms. The van der Waals surface area contributed by atoms with E-state index in [0.717, 1.165) is 22.4 Å². The molecule has 0 aliphatic carbocycles. The van der Waals surface area contributed by atoms with Gasteiger partial charge in [-0.1, -0.05) is 54.1 Å². The van der Waals surface area contributed by atoms with E-state index < -0.39 is 10.5 Å². The number of anilines is 1. The largest absolute Gasteiger partial charge is 0.485 e. The van der Waals surface area contributed by atoms with Gasteiger partial charge in [0.25, 0.3) is 5.69 Å². The van der Waals surface area contributed by atoms with Gasteiger partial charge in [0, 0.05) is 35.6 Å². The molecule has 1 N–H and O–H groups in total. The third kappa shape index (κ3) is 5.65. The smallest absolute Gasteiger partial charge is 0.336 e. The van der Waals surface area contributed by atoms with Crippen LogP contribution in [0.5, 0.6) is 5.75 Å². The fourth-order valence-electron chi connectivity index (χ4n) is 5.23. The van der Waals surface area contributed by atoms with E-state index in [0.29, 0.717) is 45.7 Å². The molecular weight excluding hydrogens is 546 g/mol. The minimum absolute atomic E-state index is 0.00750. The van der Waals surface area contributed by atoms with Crippen LogP contribution in [0, 0.1) is 24.0 Å². The Bertz CT molecular complexity index is 1960. The SMILES string of the molecule is Cc1ccc(C(=O)COc2ccc3c(C)cc(=O)oc3c2C2=Nc3ccccc3N[C@@H](c3ccc([N+](=O)[O-])cc3)C2)cc1. The Morgan fingerprint density at radius 1 is 1.02 bits per heavy atom. The molecule has 0 fully saturated rings. The Hall–Kier alpha value is -5.57. The standard InChI is InChI=1S/C34H27N3O6/c1-20-7-9-23(10-8-20)30(38)19-42-31-16-15-25-21(2)17-32(39)43-34(25)33(31)29-18-28(22-11-13-24(14-12-22)37(40)41)35-26-5-3-4-6-27(26)36-29/h3-17,28,35H,18-19H2,1-2H3/t28-/m1/s1. The van der Waals surface area contributed by atoms with Crippen molar-refractivity contribution in [1.29, 1.82) is 0 Å². The van der Waals surface area contributed by atoms with E-state index in [2.05, 4.69) is 5.32 Å². The molecule has 9 nitrogen and oxygen atoms in total. The third-order valence-corrected chi connectivity index (χ3v) is 7.50. The minimum Gasteiger partial charge on any atom is -0.485 e. The number of hydrogen-bond donors (Lipinski definition) is 1. The number of carbonyl (C=O) groups is 1. The molecular formula is C34H27N3O6. The monoisotopic (exact) mass is 573 g/mol. The van der Waals surface area contributed by atoms with E-state index in [9.17, 15) is 19.7 Å². The van der Waals surface area contributed by atoms with Crippen LogP contribution in [0.3, 0.4) is 0 Å². The number of ether oxygens (including phenoxy) is 1. The summed E-state index contributed by atoms with van der Waals surface area (Å²) in [6, 6.07) is 25.8. The van der Waals surface area contributed by atoms with Gasteiger partial charge in [0.2, 0.25) is 0 Å². The predicted molar refractivity (Wildman–Crippen MR) is 165 cm³/mol. The van der Waals surface area contributed by atoms with Crippen molar-refractivity contribution < 1.29 is 18.9 Å². The van der Waals surface area contributed by atoms with E-state index in [1.165, 1.54) is 18.2 Å². The van der Waals surface area contributed by atoms with Gasteiger partial charge >= 0.3 is 5.63 Å². The molecule has 0 unspecified atom stereocenters. The van der Waals surface area contributed by atoms with Crippen LogP contribution in [-0.4, -0.2) is 23.0 Å². The zero-order chi connectivity index (χ0) is 30.1. The Morgan fingerprint density at radius 2 is 1.77 bits per heavy atom. The Balaban J connectivity index is 1.48. The lowest BCUT2D eigenvalue weighted by molar-refractivity contribution is -0.384. The van der Waals surface area contributed by atoms with Crippen molar-refractivity contribution in [3.8, 4) is 5.75 Å². The molecule has 0 amide bonds. The summed E-state index contributed by atoms with van der Waals surface area (Å²) in [5, 5.41) is 15.5. The maximum absolute atomic E-state index is 13.0. The number of nitro groups is 1. The Labute approximate surface area is 246 Å². The quantitative estimate of drug-likeness (QED) is 0.0940. The van der Waals surface area contributed by atoms with Crippen LogP contribution in [0.25, 0.3) is 11.0 Å². The Kier molecular flexibility index (Phi) is 7.29. The van der Waals surface area contributed by atoms with E-state index >= 15 is 0 Å². The molecule has 0 radical (unpaired) electrons. The molecule has 4 aromatic carbocycles. The highest BCUT2D eigenvalue weighted by Gasteiger charge is 2.27. The number of nitrogens with zero attached hydrogens (tertiary/aromatic N) is 2. The van der Waals surface area contributed by atoms with Gasteiger partial charge in [-0.2, -0.15) is 0 Å². The number of fused-ring (bicyclic) bond motifs is 2. The number of benzene rings is 4. The zero-order valence-electron chi connectivity index (χ0n) is 23.5. The lowest BCUT2D eigenvalue weighted by Crippen LogP contribution is -2.17. The van der Waals surface area contributed by atoms with Crippen molar-refractivity contribution in [3.05, 3.63) is 139 Å². The van der Waals surface area contributed by atoms with Gasteiger partial charge in [0.15, 0.2) is 18.0 Å². The molecule has 6 rings (SSSR count). The molecule has 1 atom stereocenters. The van der Waals surface area contributed by atoms with Crippen molar-refractivity contribution in [3.63, 3.8) is 0 Å². The Morgan fingerprint density at radius 3 is 2.51 bits per heavy atom. The summed E-state index contributed by atoms with van der Waals surface area (Å²) >= 11 is 0. The number of Topliss-reactive ketones (excluding diaryl/α,β-unsaturated/α-hetero) is 1. The van der Waals surface area contributed by atoms with Crippen molar-refractivity contribution in [2.24, 2.45) is 4.99 Å². The first-order valence-electron chi connectivity index (χ1n) is 13.7. The number of aliphatic imine (C=N–C) groups is 1. The number of carbonyl (C=O) groups excluding carboxylic acids is 1. The van der Waals surface area contributed by atoms with Crippen molar-refractivity contribution in [1.82, 2.24) is 0 Å². The van der Waals surface area contributed by atoms with Gasteiger partial charge in [-0.05, 0) is 49.2 Å². The average molecular weight is 574 g/mol. The van der Waals surface area contributed by atoms with Crippen LogP contribution in [0.2, 0.25) is 0 Å². The first kappa shape index (κ1) is 27.6. The highest BCUT2D eigenvalue weighted by molar-refractivity contribution is 6.13. The molecule has 9 heteroatoms. The van der Waals surface area contributed by atoms with Crippen LogP contribution >= 0.6 is 0 Å². The maximum Gasteiger partial charge on any atom is 0.336 e. The molecule has 0 saturated carbocycles. The highest BCUT2D eigenvalue weighted by Crippen LogP contribution is 2.39. The number of ketones is 1. The van der Waals surface area contributed by atoms with Crippen molar-refractivity contribution >= 4 is 39.5 Å². The lowest BCUT2D eigenvalue weighted by Gasteiger charge is -2.20. The average Bonchev–Trinajstić information content (AvgIpc) is 3.19. The van der Waals surface area contributed by atoms with Gasteiger partial charge in [0.05, 0.1) is 33.6 Å². The molecule has 1 aliphatic heterocycles. The van der Waals surface area contributed by atoms with Crippen LogP contribution in [0.4, 0.5) is 17.1 Å². The molecule has 1 aliphatic rings. The van der Waals surface area contributed by atoms with Gasteiger partial charge in [-0.3, -0.25) is 19.9 Å². The molecule has 0 saturated heterocycles. The summed E-state index contributed by atoms with van der Waals surface area (Å²) in [5.41, 5.74) is 5.38. The predicted octanol–water partition coefficient (Wildman–Crippen LogP) is 7.26. The van der Waals surface area contributed by atoms with E-state index in [4.69, 9.17) is 14.1 Å². The summed E-state index contributed by atoms with van der Waals surface area (Å²) in [6.45, 7) is 3.55. The number of para-hydroxylation sites is 2. The van der Waals surface area contributed by atoms with E-state index in [1.807, 2.05) is 50.2 Å². The normalized spacial score (nSPS) is 14.3. The first-order valence-corrected chi connectivity index (χ1v) is 13.7. The number of non-ortho nitro benzene ring substituents is 1. The first-order chi connectivity index (χ1) is 20.8. The second kappa shape index (κ2) is 11.4. The fourth-order valence-corrected chi connectivity index (χ4v) is 5.23. The van der Waals surface area contributed by atoms with Crippen LogP contribution in [-0.2, 0) is 0 Å². The number of nitrogens with one attached hydrogen (secondary N) is 1. The van der Waals surface area contributed by atoms with Crippen molar-refractivity contribution in [2.75, 3.05) is 11.9 Å². The highest BCUT2D eigenvalue weighted by atomic mass is 16.6. The second-order valence-electron chi connectivity index (χ2n) is 10.5. The summed E-state index contributed by atoms with van der Waals surface area (Å²) < 4.78 is 11.9. The summed E-state index contributed by atoms with van der Waals surface area (Å²) in [6.07, 6.45) is 0.325. The molecule has 214 valence electrons. The van der Waals surface area contributed by atoms with Gasteiger partial charge < -0.3 is 14.5 Å². The summed E-state index contributed by atoms with van der Waals surface area (Å²) in [5.74, 6) is 0.151. The van der Waals surface area contributed by atoms with Crippen LogP contribution in [0.1, 0.15) is 45.1 Å². The number of hydrogen-bond acceptors (Lipinski definition) is 8. The third-order valence-electron chi connectivity index (χ3n) is 7.50. The van der Waals surface area contributed by atoms with E-state index in [-0.39, 0.29) is 24.1 Å². The number of rotatable bonds is 7. The molecule has 0 spiro atoms. The molecule has 1 aromatic heterocycles. The summed E-state index contributed by atoms with van der Waals surface area (Å²) in [4.78, 5) is 41.5. The topological polar surface area (TPSA) is 124 Å². The molecule has 5 aromatic rings. The maximum atomic E-state index is 13.0. The van der Waals surface area contributed by atoms with Crippen LogP contribution < -0.4 is 15.7 Å². The number of nitro benzene ring substituents is 1. The lowest BCUT2D eigenvalue weighted by atomic mass is 9.94. The van der Waals surface area contributed by atoms with Gasteiger partial charge in [0.1, 0.15) is 5.75 Å². The molecule has 43 heavy (non-hydrogen) atoms. The summed E-state index contributed by atoms with van der Waals surface area (Å²) in [7, 11) is 0. The number of aryl methyl sites for hydroxylation is 2. The van der Waals surface area contributed by atoms with Crippen molar-refractivity contribution in [2.45, 2.75) is 26.3 Å².